The van der Waals surface area contributed by atoms with E-state index >= 15 is 0 Å². The lowest BCUT2D eigenvalue weighted by molar-refractivity contribution is -0.124. The molecule has 5 heteroatoms. The van der Waals surface area contributed by atoms with Gasteiger partial charge in [-0.1, -0.05) is 31.4 Å². The summed E-state index contributed by atoms with van der Waals surface area (Å²) in [6.45, 7) is 0.411. The van der Waals surface area contributed by atoms with Gasteiger partial charge < -0.3 is 14.8 Å². The molecule has 2 rings (SSSR count). The minimum absolute atomic E-state index is 0.256. The molecule has 1 aromatic rings. The SMILES string of the molecule is COc1ccccc1C(=O)OCC(=O)NCC1CCCCC1. The zero-order valence-electron chi connectivity index (χ0n) is 13.0. The highest BCUT2D eigenvalue weighted by Gasteiger charge is 2.16. The molecule has 0 aromatic heterocycles. The average molecular weight is 305 g/mol. The summed E-state index contributed by atoms with van der Waals surface area (Å²) in [6, 6.07) is 6.79. The Morgan fingerprint density at radius 2 is 1.91 bits per heavy atom. The van der Waals surface area contributed by atoms with Crippen molar-refractivity contribution in [2.75, 3.05) is 20.3 Å². The summed E-state index contributed by atoms with van der Waals surface area (Å²) in [5, 5.41) is 2.84. The van der Waals surface area contributed by atoms with Gasteiger partial charge in [0.1, 0.15) is 11.3 Å². The first kappa shape index (κ1) is 16.3. The van der Waals surface area contributed by atoms with Gasteiger partial charge in [0.15, 0.2) is 6.61 Å². The van der Waals surface area contributed by atoms with Crippen molar-refractivity contribution in [1.82, 2.24) is 5.32 Å². The number of para-hydroxylation sites is 1. The van der Waals surface area contributed by atoms with Crippen molar-refractivity contribution in [1.29, 1.82) is 0 Å². The van der Waals surface area contributed by atoms with Crippen LogP contribution in [-0.2, 0) is 9.53 Å². The van der Waals surface area contributed by atoms with Crippen LogP contribution in [-0.4, -0.2) is 32.1 Å². The monoisotopic (exact) mass is 305 g/mol. The molecule has 1 aromatic carbocycles. The normalized spacial score (nSPS) is 15.1. The number of carbonyl (C=O) groups is 2. The fourth-order valence-corrected chi connectivity index (χ4v) is 2.72. The average Bonchev–Trinajstić information content (AvgIpc) is 2.58. The Kier molecular flexibility index (Phi) is 6.25. The number of hydrogen-bond donors (Lipinski definition) is 1. The van der Waals surface area contributed by atoms with Crippen molar-refractivity contribution >= 4 is 11.9 Å². The maximum absolute atomic E-state index is 12.0. The lowest BCUT2D eigenvalue weighted by Crippen LogP contribution is -2.33. The van der Waals surface area contributed by atoms with Gasteiger partial charge in [-0.15, -0.1) is 0 Å². The van der Waals surface area contributed by atoms with Gasteiger partial charge in [-0.2, -0.15) is 0 Å². The van der Waals surface area contributed by atoms with Crippen LogP contribution >= 0.6 is 0 Å². The van der Waals surface area contributed by atoms with Crippen LogP contribution in [0, 0.1) is 5.92 Å². The Hall–Kier alpha value is -2.04. The van der Waals surface area contributed by atoms with E-state index in [0.717, 1.165) is 0 Å². The Bertz CT molecular complexity index is 509. The summed E-state index contributed by atoms with van der Waals surface area (Å²) >= 11 is 0. The topological polar surface area (TPSA) is 64.6 Å². The van der Waals surface area contributed by atoms with E-state index in [0.29, 0.717) is 23.8 Å². The van der Waals surface area contributed by atoms with Crippen molar-refractivity contribution in [2.45, 2.75) is 32.1 Å². The predicted molar refractivity (Wildman–Crippen MR) is 82.9 cm³/mol. The molecule has 0 spiro atoms. The summed E-state index contributed by atoms with van der Waals surface area (Å²) in [6.07, 6.45) is 6.11. The number of benzene rings is 1. The number of rotatable bonds is 6. The van der Waals surface area contributed by atoms with Crippen molar-refractivity contribution in [3.05, 3.63) is 29.8 Å². The third kappa shape index (κ3) is 4.76. The predicted octanol–water partition coefficient (Wildman–Crippen LogP) is 2.55. The second-order valence-electron chi connectivity index (χ2n) is 5.58. The number of carbonyl (C=O) groups excluding carboxylic acids is 2. The molecule has 1 saturated carbocycles. The number of amides is 1. The first-order chi connectivity index (χ1) is 10.7. The standard InChI is InChI=1S/C17H23NO4/c1-21-15-10-6-5-9-14(15)17(20)22-12-16(19)18-11-13-7-3-2-4-8-13/h5-6,9-10,13H,2-4,7-8,11-12H2,1H3,(H,18,19). The van der Waals surface area contributed by atoms with Crippen LogP contribution in [0.25, 0.3) is 0 Å². The maximum atomic E-state index is 12.0. The fraction of sp³-hybridized carbons (Fsp3) is 0.529. The van der Waals surface area contributed by atoms with E-state index < -0.39 is 5.97 Å². The molecule has 1 fully saturated rings. The van der Waals surface area contributed by atoms with Gasteiger partial charge in [0, 0.05) is 6.54 Å². The maximum Gasteiger partial charge on any atom is 0.342 e. The van der Waals surface area contributed by atoms with E-state index in [2.05, 4.69) is 5.32 Å². The fourth-order valence-electron chi connectivity index (χ4n) is 2.72. The molecule has 0 atom stereocenters. The highest BCUT2D eigenvalue weighted by molar-refractivity contribution is 5.93. The zero-order valence-corrected chi connectivity index (χ0v) is 13.0. The molecule has 0 radical (unpaired) electrons. The molecule has 22 heavy (non-hydrogen) atoms. The third-order valence-electron chi connectivity index (χ3n) is 3.97. The molecule has 1 N–H and O–H groups in total. The number of ether oxygens (including phenoxy) is 2. The summed E-state index contributed by atoms with van der Waals surface area (Å²) < 4.78 is 10.1. The third-order valence-corrected chi connectivity index (χ3v) is 3.97. The smallest absolute Gasteiger partial charge is 0.342 e. The highest BCUT2D eigenvalue weighted by atomic mass is 16.5. The quantitative estimate of drug-likeness (QED) is 0.820. The van der Waals surface area contributed by atoms with E-state index in [1.165, 1.54) is 39.2 Å². The van der Waals surface area contributed by atoms with Crippen LogP contribution in [0.2, 0.25) is 0 Å². The molecule has 0 heterocycles. The van der Waals surface area contributed by atoms with Gasteiger partial charge in [-0.3, -0.25) is 4.79 Å². The van der Waals surface area contributed by atoms with Gasteiger partial charge in [0.25, 0.3) is 5.91 Å². The van der Waals surface area contributed by atoms with Gasteiger partial charge in [-0.25, -0.2) is 4.79 Å². The summed E-state index contributed by atoms with van der Waals surface area (Å²) in [4.78, 5) is 23.7. The molecule has 1 aliphatic carbocycles. The summed E-state index contributed by atoms with van der Waals surface area (Å²) in [7, 11) is 1.49. The molecule has 1 amide bonds. The van der Waals surface area contributed by atoms with Crippen LogP contribution in [0.5, 0.6) is 5.75 Å². The van der Waals surface area contributed by atoms with Crippen molar-refractivity contribution in [3.63, 3.8) is 0 Å². The largest absolute Gasteiger partial charge is 0.496 e. The van der Waals surface area contributed by atoms with Crippen LogP contribution in [0.4, 0.5) is 0 Å². The molecule has 5 nitrogen and oxygen atoms in total. The Balaban J connectivity index is 1.74. The number of nitrogens with one attached hydrogen (secondary N) is 1. The Labute approximate surface area is 131 Å². The van der Waals surface area contributed by atoms with E-state index in [4.69, 9.17) is 9.47 Å². The van der Waals surface area contributed by atoms with Crippen LogP contribution in [0.1, 0.15) is 42.5 Å². The first-order valence-electron chi connectivity index (χ1n) is 7.77. The van der Waals surface area contributed by atoms with Gasteiger partial charge in [-0.05, 0) is 30.9 Å². The van der Waals surface area contributed by atoms with Gasteiger partial charge in [0.2, 0.25) is 0 Å². The Morgan fingerprint density at radius 3 is 2.64 bits per heavy atom. The lowest BCUT2D eigenvalue weighted by atomic mass is 9.89. The van der Waals surface area contributed by atoms with Crippen LogP contribution in [0.15, 0.2) is 24.3 Å². The van der Waals surface area contributed by atoms with Crippen molar-refractivity contribution in [2.24, 2.45) is 5.92 Å². The van der Waals surface area contributed by atoms with Crippen molar-refractivity contribution < 1.29 is 19.1 Å². The van der Waals surface area contributed by atoms with E-state index in [-0.39, 0.29) is 12.5 Å². The molecular formula is C17H23NO4. The summed E-state index contributed by atoms with van der Waals surface area (Å²) in [5.74, 6) is 0.192. The van der Waals surface area contributed by atoms with E-state index in [1.54, 1.807) is 24.3 Å². The minimum atomic E-state index is -0.551. The molecule has 0 unspecified atom stereocenters. The minimum Gasteiger partial charge on any atom is -0.496 e. The Morgan fingerprint density at radius 1 is 1.18 bits per heavy atom. The van der Waals surface area contributed by atoms with Crippen LogP contribution < -0.4 is 10.1 Å². The molecule has 120 valence electrons. The molecule has 0 saturated heterocycles. The van der Waals surface area contributed by atoms with Crippen molar-refractivity contribution in [3.8, 4) is 5.75 Å². The first-order valence-corrected chi connectivity index (χ1v) is 7.77. The zero-order chi connectivity index (χ0) is 15.8. The second-order valence-corrected chi connectivity index (χ2v) is 5.58. The second kappa shape index (κ2) is 8.41. The number of methoxy groups -OCH3 is 1. The van der Waals surface area contributed by atoms with Crippen LogP contribution in [0.3, 0.4) is 0 Å². The van der Waals surface area contributed by atoms with Gasteiger partial charge in [0.05, 0.1) is 7.11 Å². The number of esters is 1. The highest BCUT2D eigenvalue weighted by Crippen LogP contribution is 2.22. The lowest BCUT2D eigenvalue weighted by Gasteiger charge is -2.21. The molecular weight excluding hydrogens is 282 g/mol. The molecule has 1 aliphatic rings. The van der Waals surface area contributed by atoms with E-state index in [1.807, 2.05) is 0 Å². The molecule has 0 bridgehead atoms. The molecule has 0 aliphatic heterocycles. The van der Waals surface area contributed by atoms with Gasteiger partial charge >= 0.3 is 5.97 Å². The summed E-state index contributed by atoms with van der Waals surface area (Å²) in [5.41, 5.74) is 0.324. The van der Waals surface area contributed by atoms with E-state index in [9.17, 15) is 9.59 Å². The number of hydrogen-bond acceptors (Lipinski definition) is 4.